The summed E-state index contributed by atoms with van der Waals surface area (Å²) in [5, 5.41) is 0. The van der Waals surface area contributed by atoms with Crippen molar-refractivity contribution in [1.82, 2.24) is 4.98 Å². The van der Waals surface area contributed by atoms with E-state index >= 15 is 0 Å². The summed E-state index contributed by atoms with van der Waals surface area (Å²) in [4.78, 5) is 16.5. The predicted molar refractivity (Wildman–Crippen MR) is 76.5 cm³/mol. The standard InChI is InChI=1S/C17H17NO2/c1-2-12-5-7-14(8-6-12)17(19)20-15-10-9-13-4-3-11-18-16(13)15/h3-8,11,15H,2,9-10H2,1H3. The second-order valence-corrected chi connectivity index (χ2v) is 5.03. The monoisotopic (exact) mass is 267 g/mol. The number of carbonyl (C=O) groups excluding carboxylic acids is 1. The van der Waals surface area contributed by atoms with E-state index in [0.717, 1.165) is 25.0 Å². The van der Waals surface area contributed by atoms with Crippen LogP contribution in [0.5, 0.6) is 0 Å². The molecule has 0 saturated carbocycles. The summed E-state index contributed by atoms with van der Waals surface area (Å²) in [6, 6.07) is 11.6. The molecule has 1 aromatic heterocycles. The molecule has 1 unspecified atom stereocenters. The van der Waals surface area contributed by atoms with E-state index in [1.807, 2.05) is 36.4 Å². The van der Waals surface area contributed by atoms with Crippen molar-refractivity contribution in [3.8, 4) is 0 Å². The van der Waals surface area contributed by atoms with Crippen molar-refractivity contribution in [3.63, 3.8) is 0 Å². The van der Waals surface area contributed by atoms with Gasteiger partial charge in [-0.05, 0) is 48.6 Å². The van der Waals surface area contributed by atoms with E-state index in [9.17, 15) is 4.79 Å². The van der Waals surface area contributed by atoms with Crippen LogP contribution in [0.15, 0.2) is 42.6 Å². The van der Waals surface area contributed by atoms with Gasteiger partial charge in [0.05, 0.1) is 11.3 Å². The van der Waals surface area contributed by atoms with Crippen LogP contribution in [0.25, 0.3) is 0 Å². The van der Waals surface area contributed by atoms with Crippen molar-refractivity contribution >= 4 is 5.97 Å². The highest BCUT2D eigenvalue weighted by Gasteiger charge is 2.27. The first-order chi connectivity index (χ1) is 9.78. The minimum atomic E-state index is -0.267. The largest absolute Gasteiger partial charge is 0.452 e. The molecule has 0 aliphatic heterocycles. The number of fused-ring (bicyclic) bond motifs is 1. The van der Waals surface area contributed by atoms with Crippen molar-refractivity contribution in [3.05, 3.63) is 65.0 Å². The minimum absolute atomic E-state index is 0.204. The Morgan fingerprint density at radius 3 is 2.85 bits per heavy atom. The van der Waals surface area contributed by atoms with E-state index in [-0.39, 0.29) is 12.1 Å². The maximum Gasteiger partial charge on any atom is 0.338 e. The highest BCUT2D eigenvalue weighted by molar-refractivity contribution is 5.89. The van der Waals surface area contributed by atoms with Crippen LogP contribution in [-0.4, -0.2) is 11.0 Å². The first kappa shape index (κ1) is 12.9. The third-order valence-electron chi connectivity index (χ3n) is 3.75. The highest BCUT2D eigenvalue weighted by Crippen LogP contribution is 2.32. The Kier molecular flexibility index (Phi) is 3.50. The van der Waals surface area contributed by atoms with E-state index < -0.39 is 0 Å². The van der Waals surface area contributed by atoms with Gasteiger partial charge in [0.25, 0.3) is 0 Å². The van der Waals surface area contributed by atoms with Crippen LogP contribution < -0.4 is 0 Å². The summed E-state index contributed by atoms with van der Waals surface area (Å²) < 4.78 is 5.60. The number of rotatable bonds is 3. The molecular weight excluding hydrogens is 250 g/mol. The third kappa shape index (κ3) is 2.44. The molecule has 3 rings (SSSR count). The Morgan fingerprint density at radius 1 is 1.30 bits per heavy atom. The van der Waals surface area contributed by atoms with Gasteiger partial charge in [0.2, 0.25) is 0 Å². The second-order valence-electron chi connectivity index (χ2n) is 5.03. The molecule has 2 aromatic rings. The van der Waals surface area contributed by atoms with Gasteiger partial charge in [-0.1, -0.05) is 25.1 Å². The SMILES string of the molecule is CCc1ccc(C(=O)OC2CCc3cccnc32)cc1. The van der Waals surface area contributed by atoms with Gasteiger partial charge < -0.3 is 4.74 Å². The Balaban J connectivity index is 1.73. The van der Waals surface area contributed by atoms with E-state index in [1.165, 1.54) is 11.1 Å². The number of pyridine rings is 1. The maximum absolute atomic E-state index is 12.2. The molecule has 0 N–H and O–H groups in total. The molecule has 1 aliphatic rings. The average molecular weight is 267 g/mol. The van der Waals surface area contributed by atoms with E-state index in [2.05, 4.69) is 11.9 Å². The van der Waals surface area contributed by atoms with E-state index in [0.29, 0.717) is 5.56 Å². The smallest absolute Gasteiger partial charge is 0.338 e. The number of carbonyl (C=O) groups is 1. The number of hydrogen-bond donors (Lipinski definition) is 0. The zero-order valence-electron chi connectivity index (χ0n) is 11.5. The van der Waals surface area contributed by atoms with Crippen LogP contribution in [0.4, 0.5) is 0 Å². The molecule has 1 atom stereocenters. The van der Waals surface area contributed by atoms with Gasteiger partial charge in [-0.15, -0.1) is 0 Å². The number of benzene rings is 1. The summed E-state index contributed by atoms with van der Waals surface area (Å²) in [6.07, 6.45) is 4.27. The van der Waals surface area contributed by atoms with Crippen LogP contribution in [0.1, 0.15) is 46.6 Å². The normalized spacial score (nSPS) is 16.8. The molecule has 20 heavy (non-hydrogen) atoms. The molecule has 0 spiro atoms. The van der Waals surface area contributed by atoms with Crippen LogP contribution in [0, 0.1) is 0 Å². The molecule has 1 heterocycles. The first-order valence-corrected chi connectivity index (χ1v) is 7.01. The Bertz CT molecular complexity index is 619. The molecule has 0 bridgehead atoms. The summed E-state index contributed by atoms with van der Waals surface area (Å²) in [7, 11) is 0. The molecule has 0 radical (unpaired) electrons. The van der Waals surface area contributed by atoms with Crippen molar-refractivity contribution in [2.75, 3.05) is 0 Å². The number of ether oxygens (including phenoxy) is 1. The second kappa shape index (κ2) is 5.45. The van der Waals surface area contributed by atoms with Crippen molar-refractivity contribution in [1.29, 1.82) is 0 Å². The van der Waals surface area contributed by atoms with E-state index in [4.69, 9.17) is 4.74 Å². The fourth-order valence-corrected chi connectivity index (χ4v) is 2.56. The molecule has 0 fully saturated rings. The van der Waals surface area contributed by atoms with Gasteiger partial charge >= 0.3 is 5.97 Å². The molecule has 3 nitrogen and oxygen atoms in total. The summed E-state index contributed by atoms with van der Waals surface area (Å²) in [6.45, 7) is 2.09. The summed E-state index contributed by atoms with van der Waals surface area (Å²) in [5.74, 6) is -0.267. The number of esters is 1. The average Bonchev–Trinajstić information content (AvgIpc) is 2.91. The molecular formula is C17H17NO2. The Labute approximate surface area is 118 Å². The summed E-state index contributed by atoms with van der Waals surface area (Å²) in [5.41, 5.74) is 3.92. The lowest BCUT2D eigenvalue weighted by molar-refractivity contribution is 0.0293. The zero-order chi connectivity index (χ0) is 13.9. The first-order valence-electron chi connectivity index (χ1n) is 7.01. The van der Waals surface area contributed by atoms with Gasteiger partial charge in [-0.2, -0.15) is 0 Å². The van der Waals surface area contributed by atoms with Crippen LogP contribution in [0.3, 0.4) is 0 Å². The van der Waals surface area contributed by atoms with Crippen molar-refractivity contribution in [2.45, 2.75) is 32.3 Å². The molecule has 1 aliphatic carbocycles. The summed E-state index contributed by atoms with van der Waals surface area (Å²) >= 11 is 0. The lowest BCUT2D eigenvalue weighted by atomic mass is 10.1. The van der Waals surface area contributed by atoms with E-state index in [1.54, 1.807) is 6.20 Å². The van der Waals surface area contributed by atoms with Crippen molar-refractivity contribution in [2.24, 2.45) is 0 Å². The van der Waals surface area contributed by atoms with Gasteiger partial charge in [-0.3, -0.25) is 4.98 Å². The third-order valence-corrected chi connectivity index (χ3v) is 3.75. The van der Waals surface area contributed by atoms with Gasteiger partial charge in [0, 0.05) is 6.20 Å². The molecule has 1 aromatic carbocycles. The van der Waals surface area contributed by atoms with Crippen molar-refractivity contribution < 1.29 is 9.53 Å². The minimum Gasteiger partial charge on any atom is -0.452 e. The number of nitrogens with zero attached hydrogens (tertiary/aromatic N) is 1. The van der Waals surface area contributed by atoms with Crippen LogP contribution in [-0.2, 0) is 17.6 Å². The molecule has 3 heteroatoms. The molecule has 0 saturated heterocycles. The van der Waals surface area contributed by atoms with Gasteiger partial charge in [-0.25, -0.2) is 4.79 Å². The fraction of sp³-hybridized carbons (Fsp3) is 0.294. The lowest BCUT2D eigenvalue weighted by Gasteiger charge is -2.12. The fourth-order valence-electron chi connectivity index (χ4n) is 2.56. The lowest BCUT2D eigenvalue weighted by Crippen LogP contribution is -2.10. The highest BCUT2D eigenvalue weighted by atomic mass is 16.5. The topological polar surface area (TPSA) is 39.2 Å². The van der Waals surface area contributed by atoms with Gasteiger partial charge in [0.1, 0.15) is 6.10 Å². The number of hydrogen-bond acceptors (Lipinski definition) is 3. The molecule has 102 valence electrons. The van der Waals surface area contributed by atoms with Crippen LogP contribution in [0.2, 0.25) is 0 Å². The Hall–Kier alpha value is -2.16. The zero-order valence-corrected chi connectivity index (χ0v) is 11.5. The maximum atomic E-state index is 12.2. The van der Waals surface area contributed by atoms with Gasteiger partial charge in [0.15, 0.2) is 0 Å². The Morgan fingerprint density at radius 2 is 2.10 bits per heavy atom. The quantitative estimate of drug-likeness (QED) is 0.799. The predicted octanol–water partition coefficient (Wildman–Crippen LogP) is 3.49. The number of aromatic nitrogens is 1. The van der Waals surface area contributed by atoms with Crippen LogP contribution >= 0.6 is 0 Å². The number of aryl methyl sites for hydroxylation is 2. The molecule has 0 amide bonds.